The third-order valence-corrected chi connectivity index (χ3v) is 3.34. The molecule has 0 amide bonds. The molecule has 0 spiro atoms. The first-order valence-electron chi connectivity index (χ1n) is 5.18. The second kappa shape index (κ2) is 8.18. The van der Waals surface area contributed by atoms with Crippen LogP contribution in [0.1, 0.15) is 13.3 Å². The van der Waals surface area contributed by atoms with Gasteiger partial charge in [0.05, 0.1) is 15.6 Å². The summed E-state index contributed by atoms with van der Waals surface area (Å²) in [7, 11) is -4.33. The Bertz CT molecular complexity index is 581. The van der Waals surface area contributed by atoms with E-state index in [0.29, 0.717) is 0 Å². The van der Waals surface area contributed by atoms with Crippen LogP contribution in [0.2, 0.25) is 5.02 Å². The van der Waals surface area contributed by atoms with Crippen LogP contribution in [0.5, 0.6) is 0 Å². The minimum absolute atomic E-state index is 0. The van der Waals surface area contributed by atoms with Gasteiger partial charge in [-0.3, -0.25) is 4.55 Å². The molecule has 0 heterocycles. The zero-order valence-corrected chi connectivity index (χ0v) is 14.5. The van der Waals surface area contributed by atoms with E-state index in [0.717, 1.165) is 12.1 Å². The van der Waals surface area contributed by atoms with Crippen molar-refractivity contribution in [2.24, 2.45) is 0 Å². The van der Waals surface area contributed by atoms with Crippen LogP contribution in [0.15, 0.2) is 23.1 Å². The third kappa shape index (κ3) is 6.40. The molecule has 1 aromatic rings. The predicted molar refractivity (Wildman–Crippen MR) is 67.1 cm³/mol. The van der Waals surface area contributed by atoms with E-state index in [4.69, 9.17) is 16.2 Å². The molecular formula is C10H12ClN2NaO5S. The predicted octanol–water partition coefficient (Wildman–Crippen LogP) is -2.96. The molecule has 3 N–H and O–H groups in total. The second-order valence-corrected chi connectivity index (χ2v) is 5.69. The molecule has 0 fully saturated rings. The van der Waals surface area contributed by atoms with Crippen molar-refractivity contribution >= 4 is 33.4 Å². The van der Waals surface area contributed by atoms with Gasteiger partial charge >= 0.3 is 29.6 Å². The van der Waals surface area contributed by atoms with Gasteiger partial charge in [0.25, 0.3) is 10.1 Å². The van der Waals surface area contributed by atoms with Crippen molar-refractivity contribution < 1.29 is 52.4 Å². The Morgan fingerprint density at radius 3 is 2.60 bits per heavy atom. The van der Waals surface area contributed by atoms with E-state index >= 15 is 0 Å². The van der Waals surface area contributed by atoms with Crippen LogP contribution < -0.4 is 45.5 Å². The molecule has 106 valence electrons. The van der Waals surface area contributed by atoms with Gasteiger partial charge in [-0.1, -0.05) is 11.6 Å². The second-order valence-electron chi connectivity index (χ2n) is 3.86. The van der Waals surface area contributed by atoms with Crippen molar-refractivity contribution in [2.45, 2.75) is 24.3 Å². The summed E-state index contributed by atoms with van der Waals surface area (Å²) in [6.45, 7) is 1.59. The third-order valence-electron chi connectivity index (χ3n) is 2.16. The van der Waals surface area contributed by atoms with E-state index < -0.39 is 22.1 Å². The number of halogens is 1. The Morgan fingerprint density at radius 2 is 2.10 bits per heavy atom. The number of nitrogens with one attached hydrogen (secondary N) is 2. The number of benzene rings is 1. The minimum atomic E-state index is -4.33. The maximum Gasteiger partial charge on any atom is 1.00 e. The molecule has 1 rings (SSSR count). The monoisotopic (exact) mass is 330 g/mol. The number of carboxylic acid groups (broad SMARTS) is 1. The van der Waals surface area contributed by atoms with Crippen LogP contribution in [0.25, 0.3) is 0 Å². The zero-order valence-electron chi connectivity index (χ0n) is 10.9. The molecule has 0 aromatic heterocycles. The summed E-state index contributed by atoms with van der Waals surface area (Å²) in [6, 6.07) is 3.09. The summed E-state index contributed by atoms with van der Waals surface area (Å²) in [4.78, 5) is 10.0. The number of carboxylic acids is 1. The number of hydrogen-bond donors (Lipinski definition) is 3. The molecule has 0 bridgehead atoms. The molecule has 0 aliphatic rings. The molecule has 0 saturated heterocycles. The summed E-state index contributed by atoms with van der Waals surface area (Å²) < 4.78 is 30.8. The fourth-order valence-electron chi connectivity index (χ4n) is 1.26. The van der Waals surface area contributed by atoms with E-state index in [9.17, 15) is 18.3 Å². The van der Waals surface area contributed by atoms with Crippen molar-refractivity contribution in [2.75, 3.05) is 5.43 Å². The van der Waals surface area contributed by atoms with Gasteiger partial charge in [-0.25, -0.2) is 5.43 Å². The van der Waals surface area contributed by atoms with Crippen LogP contribution in [0.4, 0.5) is 5.69 Å². The molecule has 1 unspecified atom stereocenters. The summed E-state index contributed by atoms with van der Waals surface area (Å²) in [5, 5.41) is 10.6. The van der Waals surface area contributed by atoms with Gasteiger partial charge in [0.1, 0.15) is 0 Å². The number of carbonyl (C=O) groups is 1. The number of anilines is 1. The standard InChI is InChI=1S/C10H13ClN2O5S.Na/c1-6(4-10(14)15)12-13-9-5-7(19(16,17)18)2-3-8(9)11;/h2-3,5-6,12-13H,4H2,1H3,(H,14,15)(H,16,17,18);/q;+1/p-1. The van der Waals surface area contributed by atoms with Crippen LogP contribution in [0.3, 0.4) is 0 Å². The van der Waals surface area contributed by atoms with E-state index in [-0.39, 0.29) is 51.6 Å². The quantitative estimate of drug-likeness (QED) is 0.289. The number of carbonyl (C=O) groups excluding carboxylic acids is 1. The fourth-order valence-corrected chi connectivity index (χ4v) is 1.93. The molecule has 0 aliphatic heterocycles. The molecule has 0 radical (unpaired) electrons. The van der Waals surface area contributed by atoms with Gasteiger partial charge in [0, 0.05) is 18.4 Å². The number of rotatable bonds is 6. The maximum atomic E-state index is 11.0. The SMILES string of the molecule is CC(CC(=O)[O-])NNc1cc(S(=O)(=O)O)ccc1Cl.[Na+]. The summed E-state index contributed by atoms with van der Waals surface area (Å²) in [5.41, 5.74) is 5.40. The Balaban J connectivity index is 0.00000361. The van der Waals surface area contributed by atoms with Gasteiger partial charge < -0.3 is 15.3 Å². The molecule has 0 saturated carbocycles. The first-order chi connectivity index (χ1) is 8.70. The normalized spacial score (nSPS) is 12.3. The molecule has 7 nitrogen and oxygen atoms in total. The average molecular weight is 331 g/mol. The van der Waals surface area contributed by atoms with Crippen molar-refractivity contribution in [1.82, 2.24) is 5.43 Å². The molecular weight excluding hydrogens is 319 g/mol. The van der Waals surface area contributed by atoms with E-state index in [1.54, 1.807) is 6.92 Å². The van der Waals surface area contributed by atoms with Crippen LogP contribution in [-0.4, -0.2) is 25.0 Å². The fraction of sp³-hybridized carbons (Fsp3) is 0.300. The largest absolute Gasteiger partial charge is 1.00 e. The van der Waals surface area contributed by atoms with Gasteiger partial charge in [-0.2, -0.15) is 8.42 Å². The Kier molecular flexibility index (Phi) is 8.04. The van der Waals surface area contributed by atoms with Gasteiger partial charge in [-0.15, -0.1) is 0 Å². The number of hydrogen-bond acceptors (Lipinski definition) is 6. The van der Waals surface area contributed by atoms with Crippen LogP contribution in [-0.2, 0) is 14.9 Å². The first kappa shape index (κ1) is 19.7. The van der Waals surface area contributed by atoms with E-state index in [1.807, 2.05) is 0 Å². The summed E-state index contributed by atoms with van der Waals surface area (Å²) >= 11 is 5.83. The molecule has 1 atom stereocenters. The molecule has 10 heteroatoms. The topological polar surface area (TPSA) is 119 Å². The minimum Gasteiger partial charge on any atom is -0.550 e. The van der Waals surface area contributed by atoms with Gasteiger partial charge in [0.15, 0.2) is 0 Å². The van der Waals surface area contributed by atoms with Crippen LogP contribution in [0, 0.1) is 0 Å². The van der Waals surface area contributed by atoms with Crippen molar-refractivity contribution in [3.05, 3.63) is 23.2 Å². The molecule has 0 aliphatic carbocycles. The van der Waals surface area contributed by atoms with E-state index in [2.05, 4.69) is 10.9 Å². The van der Waals surface area contributed by atoms with Gasteiger partial charge in [-0.05, 0) is 25.1 Å². The number of aliphatic carboxylic acids is 1. The Labute approximate surface area is 143 Å². The van der Waals surface area contributed by atoms with Crippen molar-refractivity contribution in [3.63, 3.8) is 0 Å². The Hall–Kier alpha value is -0.350. The van der Waals surface area contributed by atoms with Crippen molar-refractivity contribution in [1.29, 1.82) is 0 Å². The van der Waals surface area contributed by atoms with E-state index in [1.165, 1.54) is 6.07 Å². The number of hydrazine groups is 1. The molecule has 1 aromatic carbocycles. The van der Waals surface area contributed by atoms with Gasteiger partial charge in [0.2, 0.25) is 0 Å². The van der Waals surface area contributed by atoms with Crippen molar-refractivity contribution in [3.8, 4) is 0 Å². The Morgan fingerprint density at radius 1 is 1.50 bits per heavy atom. The smallest absolute Gasteiger partial charge is 0.550 e. The summed E-state index contributed by atoms with van der Waals surface area (Å²) in [6.07, 6.45) is -0.234. The average Bonchev–Trinajstić information content (AvgIpc) is 2.25. The summed E-state index contributed by atoms with van der Waals surface area (Å²) in [5.74, 6) is -1.22. The first-order valence-corrected chi connectivity index (χ1v) is 7.00. The zero-order chi connectivity index (χ0) is 14.6. The maximum absolute atomic E-state index is 11.0. The molecule has 20 heavy (non-hydrogen) atoms. The van der Waals surface area contributed by atoms with Crippen LogP contribution >= 0.6 is 11.6 Å².